The maximum Gasteiger partial charge on any atom is 0.0359 e. The van der Waals surface area contributed by atoms with Crippen LogP contribution in [0.5, 0.6) is 0 Å². The van der Waals surface area contributed by atoms with Gasteiger partial charge in [0.15, 0.2) is 0 Å². The van der Waals surface area contributed by atoms with Crippen molar-refractivity contribution in [1.82, 2.24) is 10.3 Å². The molecule has 1 aromatic rings. The van der Waals surface area contributed by atoms with E-state index in [1.165, 1.54) is 37.8 Å². The fourth-order valence-electron chi connectivity index (χ4n) is 2.04. The molecule has 2 heteroatoms. The standard InChI is InChI=1S/C11H18N2/c1-2-5-10(6-3-1)13-9-11-7-4-8-12-11/h4,7-8,10,12-13H,1-3,5-6,9H2. The first-order chi connectivity index (χ1) is 6.45. The van der Waals surface area contributed by atoms with E-state index in [4.69, 9.17) is 0 Å². The summed E-state index contributed by atoms with van der Waals surface area (Å²) in [5.41, 5.74) is 1.30. The minimum atomic E-state index is 0.761. The summed E-state index contributed by atoms with van der Waals surface area (Å²) in [4.78, 5) is 3.21. The second kappa shape index (κ2) is 4.47. The molecule has 0 radical (unpaired) electrons. The number of aromatic amines is 1. The van der Waals surface area contributed by atoms with Gasteiger partial charge in [-0.3, -0.25) is 0 Å². The van der Waals surface area contributed by atoms with E-state index in [2.05, 4.69) is 22.4 Å². The normalized spacial score (nSPS) is 19.1. The molecule has 1 aromatic heterocycles. The van der Waals surface area contributed by atoms with E-state index >= 15 is 0 Å². The fourth-order valence-corrected chi connectivity index (χ4v) is 2.04. The van der Waals surface area contributed by atoms with E-state index in [0.29, 0.717) is 0 Å². The average Bonchev–Trinajstić information content (AvgIpc) is 2.69. The van der Waals surface area contributed by atoms with Crippen LogP contribution < -0.4 is 5.32 Å². The maximum atomic E-state index is 3.59. The molecule has 0 amide bonds. The third-order valence-electron chi connectivity index (χ3n) is 2.85. The molecule has 0 aromatic carbocycles. The van der Waals surface area contributed by atoms with Crippen molar-refractivity contribution in [3.8, 4) is 0 Å². The van der Waals surface area contributed by atoms with Crippen molar-refractivity contribution >= 4 is 0 Å². The molecule has 1 fully saturated rings. The molecule has 0 spiro atoms. The van der Waals surface area contributed by atoms with E-state index in [-0.39, 0.29) is 0 Å². The van der Waals surface area contributed by atoms with Gasteiger partial charge in [0, 0.05) is 24.5 Å². The molecule has 0 aliphatic heterocycles. The molecule has 2 N–H and O–H groups in total. The average molecular weight is 178 g/mol. The van der Waals surface area contributed by atoms with Gasteiger partial charge in [0.25, 0.3) is 0 Å². The van der Waals surface area contributed by atoms with Gasteiger partial charge in [-0.2, -0.15) is 0 Å². The first-order valence-corrected chi connectivity index (χ1v) is 5.31. The lowest BCUT2D eigenvalue weighted by atomic mass is 9.95. The molecule has 2 rings (SSSR count). The van der Waals surface area contributed by atoms with Crippen LogP contribution in [0.3, 0.4) is 0 Å². The minimum Gasteiger partial charge on any atom is -0.364 e. The minimum absolute atomic E-state index is 0.761. The number of H-pyrrole nitrogens is 1. The smallest absolute Gasteiger partial charge is 0.0359 e. The molecule has 0 unspecified atom stereocenters. The lowest BCUT2D eigenvalue weighted by Crippen LogP contribution is -2.30. The van der Waals surface area contributed by atoms with Crippen LogP contribution >= 0.6 is 0 Å². The third kappa shape index (κ3) is 2.59. The van der Waals surface area contributed by atoms with E-state index in [9.17, 15) is 0 Å². The van der Waals surface area contributed by atoms with Crippen molar-refractivity contribution in [2.75, 3.05) is 0 Å². The summed E-state index contributed by atoms with van der Waals surface area (Å²) in [5, 5.41) is 3.59. The molecule has 1 aliphatic carbocycles. The maximum absolute atomic E-state index is 3.59. The van der Waals surface area contributed by atoms with Gasteiger partial charge >= 0.3 is 0 Å². The number of nitrogens with one attached hydrogen (secondary N) is 2. The highest BCUT2D eigenvalue weighted by Crippen LogP contribution is 2.17. The SMILES string of the molecule is c1c[nH]c(CNC2CCCCC2)c1. The Morgan fingerprint density at radius 1 is 1.31 bits per heavy atom. The van der Waals surface area contributed by atoms with Gasteiger partial charge in [0.1, 0.15) is 0 Å². The van der Waals surface area contributed by atoms with Crippen molar-refractivity contribution < 1.29 is 0 Å². The van der Waals surface area contributed by atoms with Crippen molar-refractivity contribution in [2.45, 2.75) is 44.7 Å². The molecule has 0 atom stereocenters. The van der Waals surface area contributed by atoms with Gasteiger partial charge in [-0.15, -0.1) is 0 Å². The number of hydrogen-bond acceptors (Lipinski definition) is 1. The second-order valence-electron chi connectivity index (χ2n) is 3.91. The van der Waals surface area contributed by atoms with Crippen LogP contribution in [0, 0.1) is 0 Å². The highest BCUT2D eigenvalue weighted by molar-refractivity contribution is 5.03. The second-order valence-corrected chi connectivity index (χ2v) is 3.91. The molecular formula is C11H18N2. The van der Waals surface area contributed by atoms with Gasteiger partial charge in [0.05, 0.1) is 0 Å². The topological polar surface area (TPSA) is 27.8 Å². The first-order valence-electron chi connectivity index (χ1n) is 5.31. The predicted octanol–water partition coefficient (Wildman–Crippen LogP) is 2.44. The Labute approximate surface area is 79.7 Å². The van der Waals surface area contributed by atoms with Crippen molar-refractivity contribution in [3.05, 3.63) is 24.0 Å². The summed E-state index contributed by atoms with van der Waals surface area (Å²) < 4.78 is 0. The largest absolute Gasteiger partial charge is 0.364 e. The summed E-state index contributed by atoms with van der Waals surface area (Å²) in [6.07, 6.45) is 8.95. The van der Waals surface area contributed by atoms with Gasteiger partial charge in [-0.05, 0) is 25.0 Å². The number of rotatable bonds is 3. The van der Waals surface area contributed by atoms with Crippen LogP contribution in [-0.2, 0) is 6.54 Å². The fraction of sp³-hybridized carbons (Fsp3) is 0.636. The summed E-state index contributed by atoms with van der Waals surface area (Å²) in [6, 6.07) is 4.95. The van der Waals surface area contributed by atoms with E-state index in [0.717, 1.165) is 12.6 Å². The Morgan fingerprint density at radius 2 is 2.15 bits per heavy atom. The molecule has 1 aliphatic rings. The Kier molecular flexibility index (Phi) is 3.03. The van der Waals surface area contributed by atoms with Crippen LogP contribution in [0.15, 0.2) is 18.3 Å². The van der Waals surface area contributed by atoms with Gasteiger partial charge < -0.3 is 10.3 Å². The summed E-state index contributed by atoms with van der Waals surface area (Å²) in [7, 11) is 0. The Hall–Kier alpha value is -0.760. The predicted molar refractivity (Wildman–Crippen MR) is 54.5 cm³/mol. The van der Waals surface area contributed by atoms with E-state index in [1.807, 2.05) is 6.20 Å². The van der Waals surface area contributed by atoms with Gasteiger partial charge in [0.2, 0.25) is 0 Å². The summed E-state index contributed by atoms with van der Waals surface area (Å²) >= 11 is 0. The monoisotopic (exact) mass is 178 g/mol. The molecule has 13 heavy (non-hydrogen) atoms. The Morgan fingerprint density at radius 3 is 2.85 bits per heavy atom. The van der Waals surface area contributed by atoms with Crippen LogP contribution in [0.25, 0.3) is 0 Å². The molecule has 0 saturated heterocycles. The molecular weight excluding hydrogens is 160 g/mol. The zero-order valence-electron chi connectivity index (χ0n) is 8.05. The Balaban J connectivity index is 1.72. The number of aromatic nitrogens is 1. The Bertz CT molecular complexity index is 222. The molecule has 2 nitrogen and oxygen atoms in total. The summed E-state index contributed by atoms with van der Waals surface area (Å²) in [6.45, 7) is 0.998. The molecule has 1 saturated carbocycles. The first kappa shape index (κ1) is 8.82. The van der Waals surface area contributed by atoms with Crippen LogP contribution in [0.1, 0.15) is 37.8 Å². The highest BCUT2D eigenvalue weighted by Gasteiger charge is 2.11. The zero-order valence-corrected chi connectivity index (χ0v) is 8.05. The van der Waals surface area contributed by atoms with Crippen molar-refractivity contribution in [3.63, 3.8) is 0 Å². The van der Waals surface area contributed by atoms with Crippen molar-refractivity contribution in [1.29, 1.82) is 0 Å². The summed E-state index contributed by atoms with van der Waals surface area (Å²) in [5.74, 6) is 0. The number of hydrogen-bond donors (Lipinski definition) is 2. The van der Waals surface area contributed by atoms with Gasteiger partial charge in [-0.1, -0.05) is 19.3 Å². The quantitative estimate of drug-likeness (QED) is 0.731. The van der Waals surface area contributed by atoms with Gasteiger partial charge in [-0.25, -0.2) is 0 Å². The van der Waals surface area contributed by atoms with Crippen LogP contribution in [0.2, 0.25) is 0 Å². The molecule has 1 heterocycles. The van der Waals surface area contributed by atoms with Crippen LogP contribution in [-0.4, -0.2) is 11.0 Å². The zero-order chi connectivity index (χ0) is 8.93. The van der Waals surface area contributed by atoms with Crippen LogP contribution in [0.4, 0.5) is 0 Å². The van der Waals surface area contributed by atoms with Crippen molar-refractivity contribution in [2.24, 2.45) is 0 Å². The highest BCUT2D eigenvalue weighted by atomic mass is 14.9. The lowest BCUT2D eigenvalue weighted by Gasteiger charge is -2.22. The van der Waals surface area contributed by atoms with E-state index < -0.39 is 0 Å². The molecule has 72 valence electrons. The van der Waals surface area contributed by atoms with E-state index in [1.54, 1.807) is 0 Å². The lowest BCUT2D eigenvalue weighted by molar-refractivity contribution is 0.371. The molecule has 0 bridgehead atoms. The third-order valence-corrected chi connectivity index (χ3v) is 2.85.